The third-order valence-electron chi connectivity index (χ3n) is 0.511. The smallest absolute Gasteiger partial charge is 0.117 e. The van der Waals surface area contributed by atoms with Gasteiger partial charge < -0.3 is 10.2 Å². The van der Waals surface area contributed by atoms with Gasteiger partial charge in [0.2, 0.25) is 0 Å². The van der Waals surface area contributed by atoms with Crippen LogP contribution in [0.15, 0.2) is 22.7 Å². The van der Waals surface area contributed by atoms with E-state index in [0.29, 0.717) is 0 Å². The molecule has 0 amide bonds. The molecule has 7 heavy (non-hydrogen) atoms. The molecule has 0 aromatic carbocycles. The van der Waals surface area contributed by atoms with Gasteiger partial charge in [-0.15, -0.1) is 0 Å². The zero-order valence-electron chi connectivity index (χ0n) is 8.49. The fraction of sp³-hybridized carbons (Fsp3) is 0.200. The van der Waals surface area contributed by atoms with Crippen LogP contribution in [-0.2, 0) is 6.50 Å². The molecule has 1 aromatic rings. The lowest BCUT2D eigenvalue weighted by Crippen LogP contribution is -1.92. The fourth-order valence-corrected chi connectivity index (χ4v) is 0.250. The molecule has 0 bridgehead atoms. The normalized spacial score (nSPS) is 21.6. The maximum Gasteiger partial charge on any atom is 0.117 e. The Bertz CT molecular complexity index is 302. The lowest BCUT2D eigenvalue weighted by atomic mass is 10.5. The van der Waals surface area contributed by atoms with Crippen LogP contribution in [0.5, 0.6) is 0 Å². The van der Waals surface area contributed by atoms with E-state index < -0.39 is 30.6 Å². The van der Waals surface area contributed by atoms with E-state index in [1.54, 1.807) is 0 Å². The molecule has 0 saturated heterocycles. The zero-order valence-corrected chi connectivity index (χ0v) is 3.49. The molecule has 0 spiro atoms. The van der Waals surface area contributed by atoms with Crippen molar-refractivity contribution in [2.45, 2.75) is 6.50 Å². The van der Waals surface area contributed by atoms with Crippen molar-refractivity contribution in [2.75, 3.05) is 0 Å². The zero-order chi connectivity index (χ0) is 9.52. The molecule has 2 heteroatoms. The highest BCUT2D eigenvalue weighted by Crippen LogP contribution is 1.95. The van der Waals surface area contributed by atoms with Gasteiger partial charge in [0.25, 0.3) is 0 Å². The number of rotatable bonds is 1. The molecule has 2 N–H and O–H groups in total. The highest BCUT2D eigenvalue weighted by molar-refractivity contribution is 4.96. The summed E-state index contributed by atoms with van der Waals surface area (Å²) in [5.74, 6) is -0.475. The summed E-state index contributed by atoms with van der Waals surface area (Å²) in [6, 6.07) is -0.910. The molecule has 0 aliphatic carbocycles. The van der Waals surface area contributed by atoms with Gasteiger partial charge in [0.05, 0.1) is 18.2 Å². The second-order valence-corrected chi connectivity index (χ2v) is 0.928. The van der Waals surface area contributed by atoms with E-state index in [2.05, 4.69) is 4.42 Å². The summed E-state index contributed by atoms with van der Waals surface area (Å²) in [6.07, 6.45) is -0.538. The largest absolute Gasteiger partial charge is 0.468 e. The lowest BCUT2D eigenvalue weighted by molar-refractivity contribution is 0.512. The van der Waals surface area contributed by atoms with Crippen LogP contribution in [0.3, 0.4) is 0 Å². The molecular weight excluding hydrogens is 90.1 g/mol. The molecule has 0 unspecified atom stereocenters. The van der Waals surface area contributed by atoms with E-state index in [9.17, 15) is 0 Å². The summed E-state index contributed by atoms with van der Waals surface area (Å²) in [5.41, 5.74) is 4.99. The predicted molar refractivity (Wildman–Crippen MR) is 26.6 cm³/mol. The van der Waals surface area contributed by atoms with Gasteiger partial charge in [-0.05, 0) is 12.1 Å². The average molecular weight is 102 g/mol. The Kier molecular flexibility index (Phi) is 0.348. The van der Waals surface area contributed by atoms with Gasteiger partial charge in [0.1, 0.15) is 7.13 Å². The summed E-state index contributed by atoms with van der Waals surface area (Å²) < 4.78 is 39.6. The Morgan fingerprint density at radius 2 is 3.00 bits per heavy atom. The summed E-state index contributed by atoms with van der Waals surface area (Å²) in [4.78, 5) is 0. The molecule has 0 radical (unpaired) electrons. The molecule has 1 heterocycles. The average Bonchev–Trinajstić information content (AvgIpc) is 2.15. The van der Waals surface area contributed by atoms with E-state index in [1.807, 2.05) is 0 Å². The van der Waals surface area contributed by atoms with Crippen LogP contribution < -0.4 is 5.73 Å². The Morgan fingerprint density at radius 3 is 3.29 bits per heavy atom. The molecule has 38 valence electrons. The van der Waals surface area contributed by atoms with Gasteiger partial charge in [0.15, 0.2) is 0 Å². The van der Waals surface area contributed by atoms with Gasteiger partial charge in [-0.2, -0.15) is 0 Å². The summed E-state index contributed by atoms with van der Waals surface area (Å²) in [6.45, 7) is -2.30. The summed E-state index contributed by atoms with van der Waals surface area (Å²) >= 11 is 0. The molecule has 0 fully saturated rings. The van der Waals surface area contributed by atoms with Crippen LogP contribution in [0.25, 0.3) is 0 Å². The summed E-state index contributed by atoms with van der Waals surface area (Å²) in [7, 11) is 0. The van der Waals surface area contributed by atoms with Crippen LogP contribution in [0, 0.1) is 0 Å². The number of nitrogens with two attached hydrogens (primary N) is 1. The SMILES string of the molecule is [2H]c1oc(C([2H])([2H])N)c([2H])c1[2H]. The maximum atomic E-state index is 7.15. The molecule has 1 rings (SSSR count). The molecule has 1 aromatic heterocycles. The van der Waals surface area contributed by atoms with E-state index in [1.165, 1.54) is 0 Å². The second-order valence-electron chi connectivity index (χ2n) is 0.928. The predicted octanol–water partition coefficient (Wildman–Crippen LogP) is 0.738. The monoisotopic (exact) mass is 102 g/mol. The first-order valence-electron chi connectivity index (χ1n) is 4.20. The van der Waals surface area contributed by atoms with Gasteiger partial charge in [-0.1, -0.05) is 0 Å². The first-order valence-corrected chi connectivity index (χ1v) is 1.70. The fourth-order valence-electron chi connectivity index (χ4n) is 0.250. The van der Waals surface area contributed by atoms with Gasteiger partial charge in [0, 0.05) is 0 Å². The van der Waals surface area contributed by atoms with E-state index in [0.717, 1.165) is 0 Å². The van der Waals surface area contributed by atoms with Crippen molar-refractivity contribution in [3.63, 3.8) is 0 Å². The van der Waals surface area contributed by atoms with Gasteiger partial charge in [-0.25, -0.2) is 0 Å². The highest BCUT2D eigenvalue weighted by atomic mass is 16.3. The van der Waals surface area contributed by atoms with Crippen LogP contribution in [0.1, 0.15) is 12.6 Å². The van der Waals surface area contributed by atoms with Crippen LogP contribution >= 0.6 is 0 Å². The van der Waals surface area contributed by atoms with Crippen LogP contribution in [0.4, 0.5) is 0 Å². The van der Waals surface area contributed by atoms with E-state index in [-0.39, 0.29) is 0 Å². The van der Waals surface area contributed by atoms with Crippen molar-refractivity contribution in [1.82, 2.24) is 0 Å². The first kappa shape index (κ1) is 1.36. The van der Waals surface area contributed by atoms with E-state index in [4.69, 9.17) is 12.6 Å². The Labute approximate surface area is 49.0 Å². The minimum atomic E-state index is -2.30. The number of furan rings is 1. The Hall–Kier alpha value is -0.760. The van der Waals surface area contributed by atoms with Crippen molar-refractivity contribution >= 4 is 0 Å². The minimum Gasteiger partial charge on any atom is -0.468 e. The molecule has 0 saturated carbocycles. The third kappa shape index (κ3) is 0.810. The van der Waals surface area contributed by atoms with Gasteiger partial charge in [-0.3, -0.25) is 0 Å². The molecular formula is C5H7NO. The third-order valence-corrected chi connectivity index (χ3v) is 0.511. The second kappa shape index (κ2) is 1.80. The summed E-state index contributed by atoms with van der Waals surface area (Å²) in [5, 5.41) is 0. The maximum absolute atomic E-state index is 7.15. The topological polar surface area (TPSA) is 39.2 Å². The standard InChI is InChI=1S/C5H7NO/c6-4-5-2-1-3-7-5/h1-3H,4,6H2/i1D,2D,3D,4D2. The molecule has 0 aliphatic heterocycles. The van der Waals surface area contributed by atoms with Crippen molar-refractivity contribution in [1.29, 1.82) is 0 Å². The van der Waals surface area contributed by atoms with Crippen molar-refractivity contribution < 1.29 is 11.3 Å². The Morgan fingerprint density at radius 1 is 2.14 bits per heavy atom. The van der Waals surface area contributed by atoms with Crippen LogP contribution in [-0.4, -0.2) is 0 Å². The van der Waals surface area contributed by atoms with Crippen LogP contribution in [0.2, 0.25) is 0 Å². The lowest BCUT2D eigenvalue weighted by Gasteiger charge is -1.80. The minimum absolute atomic E-state index is 0.445. The van der Waals surface area contributed by atoms with Gasteiger partial charge >= 0.3 is 0 Å². The van der Waals surface area contributed by atoms with Crippen molar-refractivity contribution in [3.05, 3.63) is 24.1 Å². The van der Waals surface area contributed by atoms with Crippen molar-refractivity contribution in [3.8, 4) is 0 Å². The first-order chi connectivity index (χ1) is 5.34. The number of hydrogen-bond acceptors (Lipinski definition) is 2. The molecule has 0 atom stereocenters. The van der Waals surface area contributed by atoms with Crippen molar-refractivity contribution in [2.24, 2.45) is 5.73 Å². The highest BCUT2D eigenvalue weighted by Gasteiger charge is 1.84. The molecule has 0 aliphatic rings. The van der Waals surface area contributed by atoms with E-state index >= 15 is 0 Å². The molecule has 2 nitrogen and oxygen atoms in total. The Balaban J connectivity index is 3.28. The number of hydrogen-bond donors (Lipinski definition) is 1. The quantitative estimate of drug-likeness (QED) is 0.568.